The number of para-hydroxylation sites is 1. The van der Waals surface area contributed by atoms with Crippen LogP contribution in [-0.4, -0.2) is 26.9 Å². The number of benzene rings is 3. The van der Waals surface area contributed by atoms with Crippen LogP contribution in [0.1, 0.15) is 60.0 Å². The smallest absolute Gasteiger partial charge is 0.266 e. The fourth-order valence-electron chi connectivity index (χ4n) is 4.46. The van der Waals surface area contributed by atoms with E-state index in [0.717, 1.165) is 23.2 Å². The van der Waals surface area contributed by atoms with Gasteiger partial charge in [0.15, 0.2) is 0 Å². The minimum absolute atomic E-state index is 0.144. The molecule has 0 radical (unpaired) electrons. The molecule has 0 saturated heterocycles. The third-order valence-corrected chi connectivity index (χ3v) is 6.77. The van der Waals surface area contributed by atoms with Crippen molar-refractivity contribution in [1.29, 1.82) is 0 Å². The summed E-state index contributed by atoms with van der Waals surface area (Å²) in [6, 6.07) is 20.0. The van der Waals surface area contributed by atoms with Gasteiger partial charge in [-0.15, -0.1) is 0 Å². The van der Waals surface area contributed by atoms with Crippen molar-refractivity contribution in [3.8, 4) is 5.69 Å². The number of hydrogen-bond donors (Lipinski definition) is 0. The molecule has 4 rings (SSSR count). The van der Waals surface area contributed by atoms with Gasteiger partial charge in [0.2, 0.25) is 0 Å². The zero-order chi connectivity index (χ0) is 25.1. The molecule has 0 fully saturated rings. The van der Waals surface area contributed by atoms with Crippen LogP contribution >= 0.6 is 11.6 Å². The molecule has 180 valence electrons. The number of nitrogens with zero attached hydrogens (tertiary/aromatic N) is 3. The van der Waals surface area contributed by atoms with Gasteiger partial charge in [0, 0.05) is 6.54 Å². The van der Waals surface area contributed by atoms with Crippen LogP contribution in [0.15, 0.2) is 71.5 Å². The lowest BCUT2D eigenvalue weighted by Crippen LogP contribution is -2.39. The fourth-order valence-corrected chi connectivity index (χ4v) is 4.68. The topological polar surface area (TPSA) is 55.2 Å². The first kappa shape index (κ1) is 24.7. The Hall–Kier alpha value is -3.44. The molecular formula is C29H30ClN3O2. The molecule has 0 spiro atoms. The van der Waals surface area contributed by atoms with Crippen molar-refractivity contribution in [3.63, 3.8) is 0 Å². The number of fused-ring (bicyclic) bond motifs is 1. The molecule has 1 aromatic heterocycles. The van der Waals surface area contributed by atoms with E-state index < -0.39 is 6.04 Å². The van der Waals surface area contributed by atoms with Gasteiger partial charge in [-0.3, -0.25) is 14.2 Å². The number of amides is 1. The van der Waals surface area contributed by atoms with Crippen LogP contribution in [0.4, 0.5) is 0 Å². The van der Waals surface area contributed by atoms with Gasteiger partial charge < -0.3 is 4.90 Å². The van der Waals surface area contributed by atoms with Crippen molar-refractivity contribution >= 4 is 28.4 Å². The summed E-state index contributed by atoms with van der Waals surface area (Å²) in [7, 11) is 0. The van der Waals surface area contributed by atoms with Gasteiger partial charge in [-0.05, 0) is 74.2 Å². The first-order valence-corrected chi connectivity index (χ1v) is 12.4. The van der Waals surface area contributed by atoms with Crippen LogP contribution in [0.3, 0.4) is 0 Å². The number of aromatic nitrogens is 2. The molecule has 6 heteroatoms. The lowest BCUT2D eigenvalue weighted by atomic mass is 10.1. The van der Waals surface area contributed by atoms with Crippen molar-refractivity contribution < 1.29 is 4.79 Å². The number of halogens is 1. The lowest BCUT2D eigenvalue weighted by molar-refractivity contribution is 0.0659. The zero-order valence-electron chi connectivity index (χ0n) is 20.6. The lowest BCUT2D eigenvalue weighted by Gasteiger charge is -2.32. The highest BCUT2D eigenvalue weighted by Gasteiger charge is 2.30. The average Bonchev–Trinajstić information content (AvgIpc) is 2.86. The van der Waals surface area contributed by atoms with Crippen molar-refractivity contribution in [2.75, 3.05) is 6.54 Å². The van der Waals surface area contributed by atoms with E-state index in [2.05, 4.69) is 0 Å². The van der Waals surface area contributed by atoms with Crippen molar-refractivity contribution in [1.82, 2.24) is 14.5 Å². The number of carbonyl (C=O) groups is 1. The number of carbonyl (C=O) groups excluding carboxylic acids is 1. The Morgan fingerprint density at radius 2 is 1.71 bits per heavy atom. The average molecular weight is 488 g/mol. The molecule has 0 aliphatic rings. The molecular weight excluding hydrogens is 458 g/mol. The van der Waals surface area contributed by atoms with E-state index in [9.17, 15) is 9.59 Å². The number of aryl methyl sites for hydroxylation is 2. The largest absolute Gasteiger partial charge is 0.328 e. The van der Waals surface area contributed by atoms with Crippen LogP contribution in [0.25, 0.3) is 16.6 Å². The molecule has 3 aromatic carbocycles. The van der Waals surface area contributed by atoms with Crippen LogP contribution in [-0.2, 0) is 0 Å². The molecule has 5 nitrogen and oxygen atoms in total. The Morgan fingerprint density at radius 1 is 1.00 bits per heavy atom. The summed E-state index contributed by atoms with van der Waals surface area (Å²) < 4.78 is 1.67. The first-order valence-electron chi connectivity index (χ1n) is 12.0. The number of hydrogen-bond acceptors (Lipinski definition) is 3. The van der Waals surface area contributed by atoms with E-state index >= 15 is 0 Å². The van der Waals surface area contributed by atoms with Gasteiger partial charge in [-0.1, -0.05) is 55.8 Å². The quantitative estimate of drug-likeness (QED) is 0.293. The standard InChI is InChI=1S/C29H30ClN3O2/c1-5-17-32(28(34)22-11-7-9-13-24(22)30)26(6-2)27-31-25-14-10-8-12-23(25)29(35)33(27)21-16-15-19(3)20(4)18-21/h7-16,18,26H,5-6,17H2,1-4H3. The van der Waals surface area contributed by atoms with Gasteiger partial charge in [-0.2, -0.15) is 0 Å². The molecule has 0 aliphatic carbocycles. The highest BCUT2D eigenvalue weighted by molar-refractivity contribution is 6.33. The molecule has 1 atom stereocenters. The van der Waals surface area contributed by atoms with Crippen molar-refractivity contribution in [2.45, 2.75) is 46.6 Å². The predicted octanol–water partition coefficient (Wildman–Crippen LogP) is 6.66. The molecule has 1 amide bonds. The summed E-state index contributed by atoms with van der Waals surface area (Å²) >= 11 is 6.40. The van der Waals surface area contributed by atoms with Crippen LogP contribution in [0.2, 0.25) is 5.02 Å². The van der Waals surface area contributed by atoms with E-state index in [1.54, 1.807) is 27.7 Å². The van der Waals surface area contributed by atoms with Crippen LogP contribution < -0.4 is 5.56 Å². The second-order valence-corrected chi connectivity index (χ2v) is 9.21. The van der Waals surface area contributed by atoms with Crippen molar-refractivity contribution in [2.24, 2.45) is 0 Å². The maximum atomic E-state index is 13.8. The monoisotopic (exact) mass is 487 g/mol. The minimum Gasteiger partial charge on any atom is -0.328 e. The van der Waals surface area contributed by atoms with Gasteiger partial charge in [0.1, 0.15) is 5.82 Å². The van der Waals surface area contributed by atoms with Gasteiger partial charge in [-0.25, -0.2) is 4.98 Å². The van der Waals surface area contributed by atoms with Gasteiger partial charge in [0.25, 0.3) is 11.5 Å². The Kier molecular flexibility index (Phi) is 7.37. The number of rotatable bonds is 7. The highest BCUT2D eigenvalue weighted by atomic mass is 35.5. The Morgan fingerprint density at radius 3 is 2.40 bits per heavy atom. The van der Waals surface area contributed by atoms with E-state index in [1.807, 2.05) is 76.2 Å². The van der Waals surface area contributed by atoms with Gasteiger partial charge in [0.05, 0.1) is 33.2 Å². The van der Waals surface area contributed by atoms with E-state index in [1.165, 1.54) is 0 Å². The second-order valence-electron chi connectivity index (χ2n) is 8.80. The summed E-state index contributed by atoms with van der Waals surface area (Å²) in [4.78, 5) is 34.4. The normalized spacial score (nSPS) is 12.0. The molecule has 0 saturated carbocycles. The Bertz CT molecular complexity index is 1440. The SMILES string of the molecule is CCCN(C(=O)c1ccccc1Cl)C(CC)c1nc2ccccc2c(=O)n1-c1ccc(C)c(C)c1. The molecule has 1 heterocycles. The minimum atomic E-state index is -0.419. The predicted molar refractivity (Wildman–Crippen MR) is 143 cm³/mol. The molecule has 0 N–H and O–H groups in total. The summed E-state index contributed by atoms with van der Waals surface area (Å²) in [6.07, 6.45) is 1.35. The third-order valence-electron chi connectivity index (χ3n) is 6.44. The molecule has 4 aromatic rings. The van der Waals surface area contributed by atoms with Crippen LogP contribution in [0.5, 0.6) is 0 Å². The fraction of sp³-hybridized carbons (Fsp3) is 0.276. The van der Waals surface area contributed by atoms with E-state index in [-0.39, 0.29) is 11.5 Å². The summed E-state index contributed by atoms with van der Waals surface area (Å²) in [5, 5.41) is 0.954. The van der Waals surface area contributed by atoms with E-state index in [0.29, 0.717) is 40.3 Å². The zero-order valence-corrected chi connectivity index (χ0v) is 21.3. The maximum Gasteiger partial charge on any atom is 0.266 e. The van der Waals surface area contributed by atoms with Crippen LogP contribution in [0, 0.1) is 13.8 Å². The second kappa shape index (κ2) is 10.4. The maximum absolute atomic E-state index is 13.8. The highest BCUT2D eigenvalue weighted by Crippen LogP contribution is 2.29. The molecule has 0 aliphatic heterocycles. The van der Waals surface area contributed by atoms with Crippen molar-refractivity contribution in [3.05, 3.63) is 105 Å². The Labute approximate surface area is 211 Å². The third kappa shape index (κ3) is 4.73. The molecule has 35 heavy (non-hydrogen) atoms. The molecule has 1 unspecified atom stereocenters. The first-order chi connectivity index (χ1) is 16.9. The Balaban J connectivity index is 1.97. The molecule has 0 bridgehead atoms. The summed E-state index contributed by atoms with van der Waals surface area (Å²) in [6.45, 7) is 8.63. The van der Waals surface area contributed by atoms with Gasteiger partial charge >= 0.3 is 0 Å². The summed E-state index contributed by atoms with van der Waals surface area (Å²) in [5.74, 6) is 0.381. The summed E-state index contributed by atoms with van der Waals surface area (Å²) in [5.41, 5.74) is 3.89. The van der Waals surface area contributed by atoms with E-state index in [4.69, 9.17) is 16.6 Å².